The third-order valence-corrected chi connectivity index (χ3v) is 4.39. The molecule has 0 aliphatic carbocycles. The minimum Gasteiger partial charge on any atom is -0.388 e. The van der Waals surface area contributed by atoms with Crippen LogP contribution in [0.3, 0.4) is 0 Å². The lowest BCUT2D eigenvalue weighted by molar-refractivity contribution is 0.0415. The first-order valence-corrected chi connectivity index (χ1v) is 8.48. The zero-order chi connectivity index (χ0) is 17.9. The van der Waals surface area contributed by atoms with E-state index in [1.54, 1.807) is 13.8 Å². The minimum absolute atomic E-state index is 0.337. The molecule has 1 aliphatic rings. The summed E-state index contributed by atoms with van der Waals surface area (Å²) >= 11 is 0. The van der Waals surface area contributed by atoms with Crippen LogP contribution in [0.2, 0.25) is 0 Å². The number of amides is 2. The van der Waals surface area contributed by atoms with Crippen molar-refractivity contribution in [1.82, 2.24) is 5.32 Å². The SMILES string of the molecule is CC(C)(O)C(NC(=O)Nc1cccc2c1CCOC2)c1ccccc1. The first-order chi connectivity index (χ1) is 11.9. The second-order valence-corrected chi connectivity index (χ2v) is 6.84. The molecule has 0 saturated heterocycles. The Balaban J connectivity index is 1.77. The molecule has 0 aromatic heterocycles. The highest BCUT2D eigenvalue weighted by atomic mass is 16.5. The van der Waals surface area contributed by atoms with E-state index in [9.17, 15) is 9.90 Å². The van der Waals surface area contributed by atoms with Crippen molar-refractivity contribution in [3.05, 3.63) is 65.2 Å². The van der Waals surface area contributed by atoms with Gasteiger partial charge in [-0.05, 0) is 43.0 Å². The lowest BCUT2D eigenvalue weighted by Crippen LogP contribution is -2.44. The van der Waals surface area contributed by atoms with Crippen LogP contribution >= 0.6 is 0 Å². The number of aliphatic hydroxyl groups is 1. The summed E-state index contributed by atoms with van der Waals surface area (Å²) in [4.78, 5) is 12.6. The van der Waals surface area contributed by atoms with Crippen LogP contribution in [0.1, 0.15) is 36.6 Å². The van der Waals surface area contributed by atoms with E-state index in [1.807, 2.05) is 48.5 Å². The monoisotopic (exact) mass is 340 g/mol. The maximum absolute atomic E-state index is 12.6. The van der Waals surface area contributed by atoms with Crippen molar-refractivity contribution in [2.24, 2.45) is 0 Å². The van der Waals surface area contributed by atoms with Gasteiger partial charge in [-0.3, -0.25) is 0 Å². The first-order valence-electron chi connectivity index (χ1n) is 8.48. The Kier molecular flexibility index (Phi) is 5.06. The van der Waals surface area contributed by atoms with Gasteiger partial charge >= 0.3 is 6.03 Å². The topological polar surface area (TPSA) is 70.6 Å². The zero-order valence-corrected chi connectivity index (χ0v) is 14.6. The van der Waals surface area contributed by atoms with E-state index in [2.05, 4.69) is 10.6 Å². The summed E-state index contributed by atoms with van der Waals surface area (Å²) in [7, 11) is 0. The van der Waals surface area contributed by atoms with Gasteiger partial charge in [-0.1, -0.05) is 42.5 Å². The third kappa shape index (κ3) is 4.18. The number of fused-ring (bicyclic) bond motifs is 1. The van der Waals surface area contributed by atoms with E-state index in [-0.39, 0.29) is 6.03 Å². The summed E-state index contributed by atoms with van der Waals surface area (Å²) in [6, 6.07) is 14.4. The highest BCUT2D eigenvalue weighted by Gasteiger charge is 2.30. The Morgan fingerprint density at radius 2 is 1.92 bits per heavy atom. The molecule has 3 rings (SSSR count). The molecule has 1 unspecified atom stereocenters. The van der Waals surface area contributed by atoms with Crippen LogP contribution in [0.5, 0.6) is 0 Å². The Morgan fingerprint density at radius 1 is 1.16 bits per heavy atom. The van der Waals surface area contributed by atoms with Gasteiger partial charge in [0.2, 0.25) is 0 Å². The minimum atomic E-state index is -1.09. The van der Waals surface area contributed by atoms with Crippen LogP contribution in [0.15, 0.2) is 48.5 Å². The maximum Gasteiger partial charge on any atom is 0.319 e. The standard InChI is InChI=1S/C20H24N2O3/c1-20(2,24)18(14-7-4-3-5-8-14)22-19(23)21-17-10-6-9-15-13-25-12-11-16(15)17/h3-10,18,24H,11-13H2,1-2H3,(H2,21,22,23). The van der Waals surface area contributed by atoms with Gasteiger partial charge in [0.25, 0.3) is 0 Å². The molecule has 0 saturated carbocycles. The molecule has 2 aromatic carbocycles. The van der Waals surface area contributed by atoms with Crippen molar-refractivity contribution in [1.29, 1.82) is 0 Å². The second-order valence-electron chi connectivity index (χ2n) is 6.84. The number of nitrogens with one attached hydrogen (secondary N) is 2. The molecule has 0 radical (unpaired) electrons. The molecule has 25 heavy (non-hydrogen) atoms. The van der Waals surface area contributed by atoms with Crippen molar-refractivity contribution in [3.63, 3.8) is 0 Å². The number of anilines is 1. The number of ether oxygens (including phenoxy) is 1. The average molecular weight is 340 g/mol. The summed E-state index contributed by atoms with van der Waals surface area (Å²) in [5.41, 5.74) is 2.77. The molecule has 0 fully saturated rings. The van der Waals surface area contributed by atoms with Gasteiger partial charge in [-0.25, -0.2) is 4.79 Å². The highest BCUT2D eigenvalue weighted by molar-refractivity contribution is 5.90. The van der Waals surface area contributed by atoms with Crippen molar-refractivity contribution in [2.45, 2.75) is 38.5 Å². The Morgan fingerprint density at radius 3 is 2.64 bits per heavy atom. The number of carbonyl (C=O) groups excluding carboxylic acids is 1. The maximum atomic E-state index is 12.6. The fourth-order valence-electron chi connectivity index (χ4n) is 3.14. The smallest absolute Gasteiger partial charge is 0.319 e. The van der Waals surface area contributed by atoms with Crippen LogP contribution < -0.4 is 10.6 Å². The molecule has 1 atom stereocenters. The van der Waals surface area contributed by atoms with Crippen molar-refractivity contribution in [2.75, 3.05) is 11.9 Å². The summed E-state index contributed by atoms with van der Waals surface area (Å²) in [6.45, 7) is 4.60. The van der Waals surface area contributed by atoms with Gasteiger partial charge in [0, 0.05) is 5.69 Å². The first kappa shape index (κ1) is 17.5. The van der Waals surface area contributed by atoms with Crippen molar-refractivity contribution < 1.29 is 14.6 Å². The second kappa shape index (κ2) is 7.25. The van der Waals surface area contributed by atoms with E-state index in [0.717, 1.165) is 28.8 Å². The number of hydrogen-bond acceptors (Lipinski definition) is 3. The predicted octanol–water partition coefficient (Wildman–Crippen LogP) is 3.39. The molecule has 5 nitrogen and oxygen atoms in total. The summed E-state index contributed by atoms with van der Waals surface area (Å²) in [6.07, 6.45) is 0.777. The Labute approximate surface area is 148 Å². The number of carbonyl (C=O) groups is 1. The molecule has 3 N–H and O–H groups in total. The Hall–Kier alpha value is -2.37. The lowest BCUT2D eigenvalue weighted by Gasteiger charge is -2.31. The lowest BCUT2D eigenvalue weighted by atomic mass is 9.92. The van der Waals surface area contributed by atoms with Gasteiger partial charge in [-0.15, -0.1) is 0 Å². The van der Waals surface area contributed by atoms with Crippen LogP contribution in [-0.2, 0) is 17.8 Å². The van der Waals surface area contributed by atoms with E-state index >= 15 is 0 Å². The molecule has 132 valence electrons. The molecule has 0 spiro atoms. The highest BCUT2D eigenvalue weighted by Crippen LogP contribution is 2.27. The van der Waals surface area contributed by atoms with Crippen LogP contribution in [0.25, 0.3) is 0 Å². The number of rotatable bonds is 4. The average Bonchev–Trinajstić information content (AvgIpc) is 2.60. The Bertz CT molecular complexity index is 738. The van der Waals surface area contributed by atoms with E-state index in [1.165, 1.54) is 0 Å². The number of benzene rings is 2. The molecule has 1 heterocycles. The number of hydrogen-bond donors (Lipinski definition) is 3. The molecule has 1 aliphatic heterocycles. The molecule has 5 heteroatoms. The van der Waals surface area contributed by atoms with E-state index in [0.29, 0.717) is 13.2 Å². The largest absolute Gasteiger partial charge is 0.388 e. The quantitative estimate of drug-likeness (QED) is 0.799. The molecule has 2 amide bonds. The summed E-state index contributed by atoms with van der Waals surface area (Å²) < 4.78 is 5.46. The van der Waals surface area contributed by atoms with Crippen LogP contribution in [-0.4, -0.2) is 23.3 Å². The van der Waals surface area contributed by atoms with Crippen LogP contribution in [0, 0.1) is 0 Å². The van der Waals surface area contributed by atoms with Gasteiger partial charge in [-0.2, -0.15) is 0 Å². The van der Waals surface area contributed by atoms with Crippen molar-refractivity contribution in [3.8, 4) is 0 Å². The van der Waals surface area contributed by atoms with Gasteiger partial charge in [0.1, 0.15) is 0 Å². The van der Waals surface area contributed by atoms with Gasteiger partial charge in [0.05, 0.1) is 24.9 Å². The molecule has 0 bridgehead atoms. The molecular formula is C20H24N2O3. The number of urea groups is 1. The predicted molar refractivity (Wildman–Crippen MR) is 97.4 cm³/mol. The normalized spacial score (nSPS) is 15.2. The van der Waals surface area contributed by atoms with Gasteiger partial charge < -0.3 is 20.5 Å². The zero-order valence-electron chi connectivity index (χ0n) is 14.6. The molecule has 2 aromatic rings. The van der Waals surface area contributed by atoms with Crippen molar-refractivity contribution >= 4 is 11.7 Å². The van der Waals surface area contributed by atoms with Crippen LogP contribution in [0.4, 0.5) is 10.5 Å². The summed E-state index contributed by atoms with van der Waals surface area (Å²) in [5.74, 6) is 0. The molecular weight excluding hydrogens is 316 g/mol. The summed E-state index contributed by atoms with van der Waals surface area (Å²) in [5, 5.41) is 16.3. The van der Waals surface area contributed by atoms with E-state index in [4.69, 9.17) is 4.74 Å². The van der Waals surface area contributed by atoms with E-state index < -0.39 is 11.6 Å². The fourth-order valence-corrected chi connectivity index (χ4v) is 3.14. The van der Waals surface area contributed by atoms with Gasteiger partial charge in [0.15, 0.2) is 0 Å². The fraction of sp³-hybridized carbons (Fsp3) is 0.350. The third-order valence-electron chi connectivity index (χ3n) is 4.39.